The van der Waals surface area contributed by atoms with Crippen LogP contribution in [0.2, 0.25) is 0 Å². The van der Waals surface area contributed by atoms with Gasteiger partial charge in [-0.05, 0) is 36.2 Å². The fourth-order valence-corrected chi connectivity index (χ4v) is 2.90. The summed E-state index contributed by atoms with van der Waals surface area (Å²) in [6, 6.07) is 8.82. The molecule has 0 aliphatic carbocycles. The van der Waals surface area contributed by atoms with Crippen LogP contribution in [0.15, 0.2) is 47.4 Å². The Morgan fingerprint density at radius 3 is 2.72 bits per heavy atom. The molecule has 0 bridgehead atoms. The van der Waals surface area contributed by atoms with Gasteiger partial charge in [-0.3, -0.25) is 4.79 Å². The predicted octanol–water partition coefficient (Wildman–Crippen LogP) is 1.88. The van der Waals surface area contributed by atoms with Crippen LogP contribution < -0.4 is 10.9 Å². The average Bonchev–Trinajstić information content (AvgIpc) is 3.09. The number of hydrogen-bond donors (Lipinski definition) is 2. The Labute approximate surface area is 144 Å². The van der Waals surface area contributed by atoms with Crippen molar-refractivity contribution in [1.82, 2.24) is 9.47 Å². The first-order valence-corrected chi connectivity index (χ1v) is 8.17. The first-order valence-electron chi connectivity index (χ1n) is 8.17. The molecule has 1 unspecified atom stereocenters. The molecule has 1 aliphatic rings. The summed E-state index contributed by atoms with van der Waals surface area (Å²) < 4.78 is 14.4. The topological polar surface area (TPSA) is 74.6 Å². The Balaban J connectivity index is 1.71. The molecule has 1 fully saturated rings. The molecule has 0 saturated carbocycles. The zero-order valence-corrected chi connectivity index (χ0v) is 13.7. The Bertz CT molecular complexity index is 804. The molecule has 132 valence electrons. The number of aromatic nitrogens is 1. The molecule has 2 amide bonds. The maximum Gasteiger partial charge on any atom is 0.322 e. The number of carbonyl (C=O) groups excluding carboxylic acids is 1. The van der Waals surface area contributed by atoms with Gasteiger partial charge in [0.1, 0.15) is 11.5 Å². The highest BCUT2D eigenvalue weighted by Crippen LogP contribution is 2.16. The fraction of sp³-hybridized carbons (Fsp3) is 0.333. The summed E-state index contributed by atoms with van der Waals surface area (Å²) in [5, 5.41) is 11.8. The number of rotatable bonds is 4. The van der Waals surface area contributed by atoms with Crippen molar-refractivity contribution in [3.8, 4) is 0 Å². The Morgan fingerprint density at radius 1 is 1.28 bits per heavy atom. The van der Waals surface area contributed by atoms with E-state index in [1.54, 1.807) is 35.4 Å². The number of aliphatic hydroxyl groups is 1. The minimum absolute atomic E-state index is 0.0552. The molecular formula is C18H20FN3O3. The maximum absolute atomic E-state index is 13.0. The minimum Gasteiger partial charge on any atom is -0.396 e. The van der Waals surface area contributed by atoms with E-state index in [-0.39, 0.29) is 35.6 Å². The zero-order chi connectivity index (χ0) is 17.8. The van der Waals surface area contributed by atoms with E-state index >= 15 is 0 Å². The molecule has 1 saturated heterocycles. The van der Waals surface area contributed by atoms with E-state index in [9.17, 15) is 14.0 Å². The lowest BCUT2D eigenvalue weighted by Crippen LogP contribution is -2.35. The van der Waals surface area contributed by atoms with E-state index in [1.165, 1.54) is 16.7 Å². The van der Waals surface area contributed by atoms with Crippen molar-refractivity contribution >= 4 is 11.7 Å². The number of pyridine rings is 1. The van der Waals surface area contributed by atoms with E-state index in [0.717, 1.165) is 12.0 Å². The third kappa shape index (κ3) is 4.06. The highest BCUT2D eigenvalue weighted by Gasteiger charge is 2.26. The summed E-state index contributed by atoms with van der Waals surface area (Å²) in [5.74, 6) is -0.236. The van der Waals surface area contributed by atoms with Crippen molar-refractivity contribution < 1.29 is 14.3 Å². The summed E-state index contributed by atoms with van der Waals surface area (Å²) in [6.45, 7) is 1.39. The second-order valence-corrected chi connectivity index (χ2v) is 6.19. The lowest BCUT2D eigenvalue weighted by atomic mass is 10.1. The van der Waals surface area contributed by atoms with Crippen molar-refractivity contribution in [2.75, 3.05) is 25.0 Å². The van der Waals surface area contributed by atoms with Gasteiger partial charge in [-0.25, -0.2) is 9.18 Å². The van der Waals surface area contributed by atoms with Crippen LogP contribution in [-0.2, 0) is 6.54 Å². The van der Waals surface area contributed by atoms with Gasteiger partial charge in [-0.15, -0.1) is 0 Å². The number of anilines is 1. The van der Waals surface area contributed by atoms with Crippen molar-refractivity contribution in [2.24, 2.45) is 5.92 Å². The molecular weight excluding hydrogens is 325 g/mol. The quantitative estimate of drug-likeness (QED) is 0.888. The van der Waals surface area contributed by atoms with Crippen molar-refractivity contribution in [2.45, 2.75) is 13.0 Å². The van der Waals surface area contributed by atoms with Crippen LogP contribution >= 0.6 is 0 Å². The zero-order valence-electron chi connectivity index (χ0n) is 13.7. The normalized spacial score (nSPS) is 16.9. The van der Waals surface area contributed by atoms with Gasteiger partial charge < -0.3 is 19.9 Å². The van der Waals surface area contributed by atoms with Gasteiger partial charge in [0.25, 0.3) is 5.56 Å². The molecule has 3 rings (SSSR count). The number of aliphatic hydroxyl groups excluding tert-OH is 1. The van der Waals surface area contributed by atoms with Crippen LogP contribution in [0, 0.1) is 11.7 Å². The van der Waals surface area contributed by atoms with Crippen LogP contribution in [0.4, 0.5) is 14.9 Å². The maximum atomic E-state index is 13.0. The molecule has 1 atom stereocenters. The molecule has 1 aliphatic heterocycles. The van der Waals surface area contributed by atoms with Gasteiger partial charge in [0.05, 0.1) is 6.54 Å². The largest absolute Gasteiger partial charge is 0.396 e. The standard InChI is InChI=1S/C18H20FN3O3/c19-15-5-3-13(4-6-15)10-21-8-1-2-16(17(21)24)20-18(25)22-9-7-14(11-22)12-23/h1-6,8,14,23H,7,9-12H2,(H,20,25). The highest BCUT2D eigenvalue weighted by atomic mass is 19.1. The van der Waals surface area contributed by atoms with Gasteiger partial charge in [-0.2, -0.15) is 0 Å². The molecule has 0 radical (unpaired) electrons. The van der Waals surface area contributed by atoms with E-state index < -0.39 is 0 Å². The summed E-state index contributed by atoms with van der Waals surface area (Å²) >= 11 is 0. The second kappa shape index (κ2) is 7.48. The number of halogens is 1. The van der Waals surface area contributed by atoms with E-state index in [0.29, 0.717) is 19.6 Å². The molecule has 7 heteroatoms. The molecule has 6 nitrogen and oxygen atoms in total. The number of nitrogens with zero attached hydrogens (tertiary/aromatic N) is 2. The van der Waals surface area contributed by atoms with E-state index in [2.05, 4.69) is 5.32 Å². The number of urea groups is 1. The third-order valence-electron chi connectivity index (χ3n) is 4.36. The molecule has 2 aromatic rings. The first kappa shape index (κ1) is 17.2. The molecule has 0 spiro atoms. The van der Waals surface area contributed by atoms with E-state index in [4.69, 9.17) is 5.11 Å². The Kier molecular flexibility index (Phi) is 5.14. The Hall–Kier alpha value is -2.67. The van der Waals surface area contributed by atoms with Crippen molar-refractivity contribution in [3.63, 3.8) is 0 Å². The average molecular weight is 345 g/mol. The van der Waals surface area contributed by atoms with Crippen LogP contribution in [0.25, 0.3) is 0 Å². The molecule has 2 heterocycles. The highest BCUT2D eigenvalue weighted by molar-refractivity contribution is 5.89. The Morgan fingerprint density at radius 2 is 2.04 bits per heavy atom. The van der Waals surface area contributed by atoms with Crippen LogP contribution in [0.1, 0.15) is 12.0 Å². The predicted molar refractivity (Wildman–Crippen MR) is 92.0 cm³/mol. The van der Waals surface area contributed by atoms with Crippen LogP contribution in [-0.4, -0.2) is 40.3 Å². The monoisotopic (exact) mass is 345 g/mol. The number of amides is 2. The molecule has 1 aromatic carbocycles. The minimum atomic E-state index is -0.340. The first-order chi connectivity index (χ1) is 12.1. The smallest absolute Gasteiger partial charge is 0.322 e. The van der Waals surface area contributed by atoms with Crippen molar-refractivity contribution in [3.05, 3.63) is 64.3 Å². The third-order valence-corrected chi connectivity index (χ3v) is 4.36. The number of hydrogen-bond acceptors (Lipinski definition) is 3. The summed E-state index contributed by atoms with van der Waals surface area (Å²) in [6.07, 6.45) is 2.38. The van der Waals surface area contributed by atoms with Gasteiger partial charge in [0.2, 0.25) is 0 Å². The summed E-state index contributed by atoms with van der Waals surface area (Å²) in [5.41, 5.74) is 0.664. The van der Waals surface area contributed by atoms with Gasteiger partial charge in [0, 0.05) is 31.8 Å². The summed E-state index contributed by atoms with van der Waals surface area (Å²) in [7, 11) is 0. The lowest BCUT2D eigenvalue weighted by Gasteiger charge is -2.17. The SMILES string of the molecule is O=C(Nc1cccn(Cc2ccc(F)cc2)c1=O)N1CCC(CO)C1. The molecule has 25 heavy (non-hydrogen) atoms. The number of likely N-dealkylation sites (tertiary alicyclic amines) is 1. The summed E-state index contributed by atoms with van der Waals surface area (Å²) in [4.78, 5) is 26.4. The molecule has 1 aromatic heterocycles. The number of carbonyl (C=O) groups is 1. The number of nitrogens with one attached hydrogen (secondary N) is 1. The van der Waals surface area contributed by atoms with Gasteiger partial charge >= 0.3 is 6.03 Å². The van der Waals surface area contributed by atoms with E-state index in [1.807, 2.05) is 0 Å². The van der Waals surface area contributed by atoms with Gasteiger partial charge in [-0.1, -0.05) is 12.1 Å². The van der Waals surface area contributed by atoms with Crippen LogP contribution in [0.3, 0.4) is 0 Å². The van der Waals surface area contributed by atoms with Gasteiger partial charge in [0.15, 0.2) is 0 Å². The molecule has 2 N–H and O–H groups in total. The fourth-order valence-electron chi connectivity index (χ4n) is 2.90. The van der Waals surface area contributed by atoms with Crippen LogP contribution in [0.5, 0.6) is 0 Å². The lowest BCUT2D eigenvalue weighted by molar-refractivity contribution is 0.208. The second-order valence-electron chi connectivity index (χ2n) is 6.19. The number of benzene rings is 1. The van der Waals surface area contributed by atoms with Crippen molar-refractivity contribution in [1.29, 1.82) is 0 Å².